The highest BCUT2D eigenvalue weighted by atomic mass is 35.5. The maximum atomic E-state index is 13.3. The van der Waals surface area contributed by atoms with Gasteiger partial charge in [0.1, 0.15) is 5.01 Å². The van der Waals surface area contributed by atoms with E-state index in [1.807, 2.05) is 28.0 Å². The van der Waals surface area contributed by atoms with Crippen LogP contribution in [0.2, 0.25) is 5.02 Å². The summed E-state index contributed by atoms with van der Waals surface area (Å²) in [5.41, 5.74) is 1.67. The molecule has 10 heteroatoms. The molecule has 0 aliphatic carbocycles. The largest absolute Gasteiger partial charge is 0.359 e. The van der Waals surface area contributed by atoms with Gasteiger partial charge in [-0.05, 0) is 42.4 Å². The fourth-order valence-electron chi connectivity index (χ4n) is 4.55. The van der Waals surface area contributed by atoms with Crippen molar-refractivity contribution >= 4 is 58.1 Å². The number of hydrogen-bond donors (Lipinski definition) is 1. The Morgan fingerprint density at radius 1 is 1.30 bits per heavy atom. The normalized spacial score (nSPS) is 19.2. The van der Waals surface area contributed by atoms with E-state index < -0.39 is 0 Å². The van der Waals surface area contributed by atoms with Crippen LogP contribution in [0.25, 0.3) is 0 Å². The molecule has 1 fully saturated rings. The number of carbonyl (C=O) groups excluding carboxylic acids is 3. The number of fused-ring (bicyclic) bond motifs is 2. The molecular formula is C23H27ClN4O3S2. The van der Waals surface area contributed by atoms with E-state index in [-0.39, 0.29) is 29.6 Å². The van der Waals surface area contributed by atoms with Gasteiger partial charge in [-0.1, -0.05) is 11.6 Å². The van der Waals surface area contributed by atoms with Crippen molar-refractivity contribution in [3.63, 3.8) is 0 Å². The molecule has 176 valence electrons. The van der Waals surface area contributed by atoms with Gasteiger partial charge in [0.15, 0.2) is 0 Å². The Bertz CT molecular complexity index is 1080. The molecular weight excluding hydrogens is 480 g/mol. The Balaban J connectivity index is 1.43. The van der Waals surface area contributed by atoms with Gasteiger partial charge in [0.25, 0.3) is 0 Å². The monoisotopic (exact) mass is 506 g/mol. The van der Waals surface area contributed by atoms with Gasteiger partial charge in [-0.15, -0.1) is 23.1 Å². The summed E-state index contributed by atoms with van der Waals surface area (Å²) in [5, 5.41) is 4.05. The van der Waals surface area contributed by atoms with Crippen LogP contribution in [0.1, 0.15) is 36.8 Å². The number of carbonyl (C=O) groups is 3. The summed E-state index contributed by atoms with van der Waals surface area (Å²) >= 11 is 9.49. The van der Waals surface area contributed by atoms with E-state index in [0.29, 0.717) is 31.1 Å². The molecule has 7 nitrogen and oxygen atoms in total. The zero-order valence-electron chi connectivity index (χ0n) is 18.7. The van der Waals surface area contributed by atoms with Crippen LogP contribution in [0.4, 0.5) is 5.69 Å². The summed E-state index contributed by atoms with van der Waals surface area (Å²) in [6, 6.07) is 5.68. The second-order valence-electron chi connectivity index (χ2n) is 8.49. The van der Waals surface area contributed by atoms with Gasteiger partial charge in [-0.25, -0.2) is 4.98 Å². The van der Waals surface area contributed by atoms with Crippen LogP contribution < -0.4 is 10.2 Å². The average molecular weight is 507 g/mol. The van der Waals surface area contributed by atoms with Crippen LogP contribution >= 0.6 is 34.7 Å². The zero-order chi connectivity index (χ0) is 23.6. The minimum Gasteiger partial charge on any atom is -0.359 e. The fraction of sp³-hybridized carbons (Fsp3) is 0.478. The molecule has 1 unspecified atom stereocenters. The Kier molecular flexibility index (Phi) is 7.31. The Morgan fingerprint density at radius 3 is 2.85 bits per heavy atom. The number of hydrogen-bond acceptors (Lipinski definition) is 6. The third-order valence-corrected chi connectivity index (χ3v) is 8.80. The highest BCUT2D eigenvalue weighted by Crippen LogP contribution is 2.47. The number of nitrogens with one attached hydrogen (secondary N) is 1. The van der Waals surface area contributed by atoms with Crippen molar-refractivity contribution in [3.8, 4) is 0 Å². The number of aromatic nitrogens is 1. The van der Waals surface area contributed by atoms with Gasteiger partial charge in [-0.2, -0.15) is 0 Å². The van der Waals surface area contributed by atoms with E-state index in [2.05, 4.69) is 10.3 Å². The molecule has 2 aliphatic heterocycles. The van der Waals surface area contributed by atoms with Gasteiger partial charge in [0.2, 0.25) is 17.7 Å². The first-order valence-corrected chi connectivity index (χ1v) is 13.1. The maximum absolute atomic E-state index is 13.3. The molecule has 4 rings (SSSR count). The second-order valence-corrected chi connectivity index (χ2v) is 11.4. The molecule has 1 saturated heterocycles. The Morgan fingerprint density at radius 2 is 2.12 bits per heavy atom. The highest BCUT2D eigenvalue weighted by Gasteiger charge is 2.49. The van der Waals surface area contributed by atoms with Gasteiger partial charge >= 0.3 is 0 Å². The second kappa shape index (κ2) is 10.0. The van der Waals surface area contributed by atoms with E-state index in [9.17, 15) is 14.4 Å². The molecule has 0 radical (unpaired) electrons. The molecule has 1 spiro atoms. The molecule has 0 saturated carbocycles. The fourth-order valence-corrected chi connectivity index (χ4v) is 6.75. The summed E-state index contributed by atoms with van der Waals surface area (Å²) in [5.74, 6) is 0.939. The standard InChI is InChI=1S/C23H27ClN4O3S2/c1-15(29)27-8-7-23(13-27)14-28(18-6-5-16(24)10-17(18)23)21(31)11-20-26-12-22(33-20)32-9-3-4-19(30)25-2/h5-6,10,12H,3-4,7-9,11,13-14H2,1-2H3,(H,25,30). The van der Waals surface area contributed by atoms with Crippen LogP contribution in [0.3, 0.4) is 0 Å². The smallest absolute Gasteiger partial charge is 0.233 e. The van der Waals surface area contributed by atoms with Crippen molar-refractivity contribution in [2.24, 2.45) is 0 Å². The minimum absolute atomic E-state index is 0.00207. The van der Waals surface area contributed by atoms with Crippen molar-refractivity contribution in [1.82, 2.24) is 15.2 Å². The van der Waals surface area contributed by atoms with Gasteiger partial charge in [0.05, 0.1) is 16.8 Å². The van der Waals surface area contributed by atoms with Crippen molar-refractivity contribution in [1.29, 1.82) is 0 Å². The predicted molar refractivity (Wildman–Crippen MR) is 132 cm³/mol. The van der Waals surface area contributed by atoms with Crippen LogP contribution in [-0.2, 0) is 26.2 Å². The third-order valence-electron chi connectivity index (χ3n) is 6.29. The number of rotatable bonds is 7. The first-order valence-electron chi connectivity index (χ1n) is 11.0. The lowest BCUT2D eigenvalue weighted by atomic mass is 9.81. The summed E-state index contributed by atoms with van der Waals surface area (Å²) in [6.07, 6.45) is 4.16. The van der Waals surface area contributed by atoms with E-state index >= 15 is 0 Å². The maximum Gasteiger partial charge on any atom is 0.233 e. The van der Waals surface area contributed by atoms with Gasteiger partial charge in [0, 0.05) is 56.2 Å². The molecule has 33 heavy (non-hydrogen) atoms. The number of halogens is 1. The number of thioether (sulfide) groups is 1. The van der Waals surface area contributed by atoms with Crippen molar-refractivity contribution < 1.29 is 14.4 Å². The number of likely N-dealkylation sites (tertiary alicyclic amines) is 1. The molecule has 1 aromatic carbocycles. The number of nitrogens with zero attached hydrogens (tertiary/aromatic N) is 3. The average Bonchev–Trinajstić information content (AvgIpc) is 3.50. The number of benzene rings is 1. The first-order chi connectivity index (χ1) is 15.8. The predicted octanol–water partition coefficient (Wildman–Crippen LogP) is 3.49. The quantitative estimate of drug-likeness (QED) is 0.459. The molecule has 2 aromatic rings. The van der Waals surface area contributed by atoms with E-state index in [4.69, 9.17) is 11.6 Å². The first kappa shape index (κ1) is 24.0. The van der Waals surface area contributed by atoms with Crippen LogP contribution in [0.5, 0.6) is 0 Å². The minimum atomic E-state index is -0.268. The van der Waals surface area contributed by atoms with Crippen LogP contribution in [0.15, 0.2) is 28.6 Å². The van der Waals surface area contributed by atoms with Crippen molar-refractivity contribution in [2.75, 3.05) is 37.3 Å². The summed E-state index contributed by atoms with van der Waals surface area (Å²) in [4.78, 5) is 44.8. The molecule has 0 bridgehead atoms. The van der Waals surface area contributed by atoms with E-state index in [0.717, 1.165) is 39.1 Å². The number of thiazole rings is 1. The zero-order valence-corrected chi connectivity index (χ0v) is 21.1. The van der Waals surface area contributed by atoms with Crippen molar-refractivity contribution in [2.45, 2.75) is 42.2 Å². The lowest BCUT2D eigenvalue weighted by molar-refractivity contribution is -0.128. The SMILES string of the molecule is CNC(=O)CCCSc1cnc(CC(=O)N2CC3(CCN(C(C)=O)C3)c3cc(Cl)ccc32)s1. The molecule has 1 atom stereocenters. The molecule has 2 aliphatic rings. The Hall–Kier alpha value is -2.10. The summed E-state index contributed by atoms with van der Waals surface area (Å²) in [7, 11) is 1.64. The lowest BCUT2D eigenvalue weighted by Crippen LogP contribution is -2.40. The van der Waals surface area contributed by atoms with E-state index in [1.165, 1.54) is 11.3 Å². The van der Waals surface area contributed by atoms with Crippen LogP contribution in [-0.4, -0.2) is 60.0 Å². The number of anilines is 1. The third kappa shape index (κ3) is 5.20. The topological polar surface area (TPSA) is 82.6 Å². The molecule has 3 heterocycles. The molecule has 3 amide bonds. The van der Waals surface area contributed by atoms with Gasteiger partial charge in [-0.3, -0.25) is 14.4 Å². The lowest BCUT2D eigenvalue weighted by Gasteiger charge is -2.25. The number of amides is 3. The van der Waals surface area contributed by atoms with E-state index in [1.54, 1.807) is 31.9 Å². The summed E-state index contributed by atoms with van der Waals surface area (Å²) < 4.78 is 1.05. The highest BCUT2D eigenvalue weighted by molar-refractivity contribution is 8.01. The van der Waals surface area contributed by atoms with Gasteiger partial charge < -0.3 is 15.1 Å². The summed E-state index contributed by atoms with van der Waals surface area (Å²) in [6.45, 7) is 3.44. The molecule has 1 N–H and O–H groups in total. The Labute approximate surface area is 206 Å². The van der Waals surface area contributed by atoms with Crippen molar-refractivity contribution in [3.05, 3.63) is 40.0 Å². The molecule has 1 aromatic heterocycles. The van der Waals surface area contributed by atoms with Crippen LogP contribution in [0, 0.1) is 0 Å².